The minimum Gasteiger partial charge on any atom is -0.478 e. The number of rotatable bonds is 12. The number of carboxylic acid groups (broad SMARTS) is 2. The van der Waals surface area contributed by atoms with Crippen molar-refractivity contribution in [2.24, 2.45) is 0 Å². The van der Waals surface area contributed by atoms with Crippen LogP contribution in [0.3, 0.4) is 0 Å². The third kappa shape index (κ3) is 8.25. The van der Waals surface area contributed by atoms with Gasteiger partial charge in [0.2, 0.25) is 5.41 Å². The Morgan fingerprint density at radius 2 is 0.921 bits per heavy atom. The first-order valence-corrected chi connectivity index (χ1v) is 18.3. The normalized spacial score (nSPS) is 11.8. The average molecular weight is 873 g/mol. The Kier molecular flexibility index (Phi) is 11.6. The van der Waals surface area contributed by atoms with Gasteiger partial charge in [0.05, 0.1) is 16.7 Å². The van der Waals surface area contributed by atoms with Crippen molar-refractivity contribution < 1.29 is 65.2 Å². The Bertz CT molecular complexity index is 2830. The number of hydrogen-bond acceptors (Lipinski definition) is 10. The van der Waals surface area contributed by atoms with Gasteiger partial charge in [-0.15, -0.1) is 0 Å². The number of nitrogens with two attached hydrogens (primary N) is 4. The molecule has 0 radical (unpaired) electrons. The molecule has 0 aliphatic heterocycles. The van der Waals surface area contributed by atoms with Gasteiger partial charge in [0.15, 0.2) is 11.6 Å². The molecule has 12 nitrogen and oxygen atoms in total. The van der Waals surface area contributed by atoms with Crippen LogP contribution in [0.25, 0.3) is 0 Å². The standard InChI is InChI=1S/C45H34F6N4O8/c1-21-3-5-23(17-34(21)54)39(56)37-31(13-16-36(63-28-12-15-33(53)30(20-28)42(60)61)38(37)40(57)24-6-4-22(2)35(55)18-24)43(44(46,47)48,45(49,50)51)25-7-9-26(10-8-25)62-27-11-14-32(52)29(19-27)41(58)59/h3-20H,52-55H2,1-2H3,(H,58,59)(H,60,61). The van der Waals surface area contributed by atoms with Gasteiger partial charge in [-0.1, -0.05) is 42.5 Å². The number of aryl methyl sites for hydroxylation is 2. The first kappa shape index (κ1) is 44.5. The predicted octanol–water partition coefficient (Wildman–Crippen LogP) is 9.49. The van der Waals surface area contributed by atoms with Crippen LogP contribution in [0.4, 0.5) is 49.1 Å². The molecule has 6 rings (SSSR count). The van der Waals surface area contributed by atoms with E-state index >= 15 is 26.3 Å². The van der Waals surface area contributed by atoms with Crippen LogP contribution >= 0.6 is 0 Å². The summed E-state index contributed by atoms with van der Waals surface area (Å²) in [5.41, 5.74) is 11.4. The molecule has 0 atom stereocenters. The molecule has 0 aliphatic carbocycles. The number of halogens is 6. The van der Waals surface area contributed by atoms with Crippen LogP contribution in [0, 0.1) is 13.8 Å². The second-order valence-electron chi connectivity index (χ2n) is 14.2. The summed E-state index contributed by atoms with van der Waals surface area (Å²) in [4.78, 5) is 53.2. The fourth-order valence-corrected chi connectivity index (χ4v) is 6.85. The van der Waals surface area contributed by atoms with Crippen molar-refractivity contribution in [3.05, 3.63) is 165 Å². The second kappa shape index (κ2) is 16.4. The number of ketones is 2. The van der Waals surface area contributed by atoms with Gasteiger partial charge in [-0.2, -0.15) is 26.3 Å². The molecule has 0 saturated carbocycles. The van der Waals surface area contributed by atoms with E-state index in [9.17, 15) is 29.4 Å². The van der Waals surface area contributed by atoms with Crippen molar-refractivity contribution >= 4 is 46.3 Å². The number of alkyl halides is 6. The lowest BCUT2D eigenvalue weighted by Gasteiger charge is -2.39. The first-order chi connectivity index (χ1) is 29.5. The molecule has 0 heterocycles. The molecule has 0 amide bonds. The molecule has 6 aromatic carbocycles. The van der Waals surface area contributed by atoms with Gasteiger partial charge in [0.25, 0.3) is 0 Å². The maximum absolute atomic E-state index is 16.0. The molecule has 0 aliphatic rings. The van der Waals surface area contributed by atoms with E-state index in [-0.39, 0.29) is 45.6 Å². The zero-order valence-electron chi connectivity index (χ0n) is 32.8. The number of carbonyl (C=O) groups excluding carboxylic acids is 2. The Labute approximate surface area is 353 Å². The summed E-state index contributed by atoms with van der Waals surface area (Å²) in [6.45, 7) is 3.10. The zero-order chi connectivity index (χ0) is 46.3. The zero-order valence-corrected chi connectivity index (χ0v) is 32.8. The molecule has 324 valence electrons. The monoisotopic (exact) mass is 872 g/mol. The van der Waals surface area contributed by atoms with E-state index in [0.717, 1.165) is 54.6 Å². The van der Waals surface area contributed by atoms with Crippen molar-refractivity contribution in [1.29, 1.82) is 0 Å². The number of ether oxygens (including phenoxy) is 2. The van der Waals surface area contributed by atoms with Crippen LogP contribution in [0.5, 0.6) is 23.0 Å². The van der Waals surface area contributed by atoms with Crippen LogP contribution in [-0.4, -0.2) is 46.1 Å². The van der Waals surface area contributed by atoms with Crippen LogP contribution in [0.1, 0.15) is 74.8 Å². The largest absolute Gasteiger partial charge is 0.478 e. The third-order valence-corrected chi connectivity index (χ3v) is 10.2. The Balaban J connectivity index is 1.71. The van der Waals surface area contributed by atoms with Crippen LogP contribution in [0.2, 0.25) is 0 Å². The van der Waals surface area contributed by atoms with Gasteiger partial charge in [-0.3, -0.25) is 9.59 Å². The lowest BCUT2D eigenvalue weighted by Crippen LogP contribution is -2.55. The lowest BCUT2D eigenvalue weighted by atomic mass is 9.69. The highest BCUT2D eigenvalue weighted by Crippen LogP contribution is 2.58. The summed E-state index contributed by atoms with van der Waals surface area (Å²) in [7, 11) is 0. The quantitative estimate of drug-likeness (QED) is 0.0384. The summed E-state index contributed by atoms with van der Waals surface area (Å²) in [5.74, 6) is -7.41. The van der Waals surface area contributed by atoms with E-state index in [4.69, 9.17) is 32.4 Å². The molecule has 0 bridgehead atoms. The van der Waals surface area contributed by atoms with Crippen LogP contribution in [0.15, 0.2) is 109 Å². The summed E-state index contributed by atoms with van der Waals surface area (Å²) in [6.07, 6.45) is -12.7. The Morgan fingerprint density at radius 3 is 1.35 bits per heavy atom. The summed E-state index contributed by atoms with van der Waals surface area (Å²) < 4.78 is 108. The number of carbonyl (C=O) groups is 4. The molecule has 0 aromatic heterocycles. The highest BCUT2D eigenvalue weighted by Gasteiger charge is 2.73. The summed E-state index contributed by atoms with van der Waals surface area (Å²) >= 11 is 0. The average Bonchev–Trinajstić information content (AvgIpc) is 3.20. The van der Waals surface area contributed by atoms with E-state index in [0.29, 0.717) is 35.4 Å². The highest BCUT2D eigenvalue weighted by atomic mass is 19.4. The molecule has 10 N–H and O–H groups in total. The molecule has 0 fully saturated rings. The van der Waals surface area contributed by atoms with Crippen molar-refractivity contribution in [2.45, 2.75) is 31.6 Å². The van der Waals surface area contributed by atoms with E-state index in [1.165, 1.54) is 37.3 Å². The van der Waals surface area contributed by atoms with Gasteiger partial charge in [0, 0.05) is 39.4 Å². The van der Waals surface area contributed by atoms with E-state index in [1.54, 1.807) is 6.92 Å². The molecule has 6 aromatic rings. The predicted molar refractivity (Wildman–Crippen MR) is 220 cm³/mol. The molecule has 0 spiro atoms. The molecule has 0 saturated heterocycles. The maximum Gasteiger partial charge on any atom is 0.411 e. The van der Waals surface area contributed by atoms with E-state index in [1.807, 2.05) is 0 Å². The second-order valence-corrected chi connectivity index (χ2v) is 14.2. The molecular formula is C45H34F6N4O8. The van der Waals surface area contributed by atoms with Gasteiger partial charge < -0.3 is 42.6 Å². The minimum atomic E-state index is -6.33. The van der Waals surface area contributed by atoms with E-state index < -0.39 is 86.0 Å². The number of benzene rings is 6. The van der Waals surface area contributed by atoms with Crippen molar-refractivity contribution in [2.75, 3.05) is 22.9 Å². The number of anilines is 4. The van der Waals surface area contributed by atoms with E-state index in [2.05, 4.69) is 0 Å². The minimum absolute atomic E-state index is 0.00341. The first-order valence-electron chi connectivity index (χ1n) is 18.3. The third-order valence-electron chi connectivity index (χ3n) is 10.2. The van der Waals surface area contributed by atoms with Gasteiger partial charge in [-0.25, -0.2) is 9.59 Å². The number of nitrogen functional groups attached to an aromatic ring is 4. The van der Waals surface area contributed by atoms with Gasteiger partial charge >= 0.3 is 24.3 Å². The van der Waals surface area contributed by atoms with Gasteiger partial charge in [-0.05, 0) is 103 Å². The summed E-state index contributed by atoms with van der Waals surface area (Å²) in [6, 6.07) is 17.0. The van der Waals surface area contributed by atoms with Crippen LogP contribution in [-0.2, 0) is 5.41 Å². The smallest absolute Gasteiger partial charge is 0.411 e. The van der Waals surface area contributed by atoms with Gasteiger partial charge in [0.1, 0.15) is 23.0 Å². The number of aromatic carboxylic acids is 2. The summed E-state index contributed by atoms with van der Waals surface area (Å²) in [5, 5.41) is 19.1. The fourth-order valence-electron chi connectivity index (χ4n) is 6.85. The molecule has 0 unspecified atom stereocenters. The Hall–Kier alpha value is -8.02. The Morgan fingerprint density at radius 1 is 0.492 bits per heavy atom. The molecular weight excluding hydrogens is 839 g/mol. The fraction of sp³-hybridized carbons (Fsp3) is 0.111. The van der Waals surface area contributed by atoms with Crippen molar-refractivity contribution in [3.8, 4) is 23.0 Å². The number of hydrogen-bond donors (Lipinski definition) is 6. The lowest BCUT2D eigenvalue weighted by molar-refractivity contribution is -0.288. The SMILES string of the molecule is Cc1ccc(C(=O)c2c(Oc3ccc(N)c(C(=O)O)c3)ccc(C(c3ccc(Oc4ccc(N)c(C(=O)O)c4)cc3)(C(F)(F)F)C(F)(F)F)c2C(=O)c2ccc(C)c(N)c2)cc1N. The van der Waals surface area contributed by atoms with Crippen LogP contribution < -0.4 is 32.4 Å². The topological polar surface area (TPSA) is 231 Å². The highest BCUT2D eigenvalue weighted by molar-refractivity contribution is 6.22. The molecule has 63 heavy (non-hydrogen) atoms. The number of carboxylic acids is 2. The van der Waals surface area contributed by atoms with Crippen molar-refractivity contribution in [3.63, 3.8) is 0 Å². The molecule has 18 heteroatoms. The maximum atomic E-state index is 16.0. The van der Waals surface area contributed by atoms with Crippen molar-refractivity contribution in [1.82, 2.24) is 0 Å².